The molecule has 0 atom stereocenters. The Morgan fingerprint density at radius 2 is 2.26 bits per heavy atom. The standard InChI is InChI=1S/C15H8ClFN4OS/c16-8-2-1-3-9(17)12(8)15-20-10-5-7-19-14(13(10)23-15)21-11(22)4-6-18/h1-3,5,7H,4H2,(H,19,21,22). The van der Waals surface area contributed by atoms with Gasteiger partial charge in [-0.25, -0.2) is 14.4 Å². The number of nitrogens with zero attached hydrogens (tertiary/aromatic N) is 3. The number of pyridine rings is 1. The highest BCUT2D eigenvalue weighted by Crippen LogP contribution is 2.37. The average Bonchev–Trinajstić information content (AvgIpc) is 2.92. The van der Waals surface area contributed by atoms with Gasteiger partial charge in [0.15, 0.2) is 5.82 Å². The number of rotatable bonds is 3. The van der Waals surface area contributed by atoms with Crippen LogP contribution in [0.2, 0.25) is 5.02 Å². The molecule has 1 N–H and O–H groups in total. The Labute approximate surface area is 139 Å². The van der Waals surface area contributed by atoms with E-state index in [1.165, 1.54) is 29.7 Å². The number of thiazole rings is 1. The van der Waals surface area contributed by atoms with Gasteiger partial charge in [0.1, 0.15) is 17.2 Å². The van der Waals surface area contributed by atoms with Gasteiger partial charge >= 0.3 is 0 Å². The maximum absolute atomic E-state index is 14.0. The van der Waals surface area contributed by atoms with E-state index in [9.17, 15) is 9.18 Å². The number of amides is 1. The lowest BCUT2D eigenvalue weighted by Crippen LogP contribution is -2.11. The zero-order chi connectivity index (χ0) is 16.4. The van der Waals surface area contributed by atoms with Crippen LogP contribution in [0.1, 0.15) is 6.42 Å². The molecule has 114 valence electrons. The summed E-state index contributed by atoms with van der Waals surface area (Å²) in [4.78, 5) is 20.0. The zero-order valence-electron chi connectivity index (χ0n) is 11.5. The second-order valence-electron chi connectivity index (χ2n) is 4.51. The van der Waals surface area contributed by atoms with Crippen LogP contribution in [0, 0.1) is 17.1 Å². The van der Waals surface area contributed by atoms with E-state index in [0.29, 0.717) is 21.0 Å². The minimum atomic E-state index is -0.473. The molecule has 0 aliphatic heterocycles. The molecule has 1 amide bonds. The third-order valence-corrected chi connectivity index (χ3v) is 4.39. The van der Waals surface area contributed by atoms with Crippen molar-refractivity contribution in [2.75, 3.05) is 5.32 Å². The molecule has 0 saturated carbocycles. The van der Waals surface area contributed by atoms with Gasteiger partial charge in [0, 0.05) is 6.20 Å². The quantitative estimate of drug-likeness (QED) is 0.777. The number of carbonyl (C=O) groups excluding carboxylic acids is 1. The van der Waals surface area contributed by atoms with Crippen LogP contribution in [0.4, 0.5) is 10.2 Å². The summed E-state index contributed by atoms with van der Waals surface area (Å²) in [7, 11) is 0. The van der Waals surface area contributed by atoms with Crippen molar-refractivity contribution in [1.82, 2.24) is 9.97 Å². The highest BCUT2D eigenvalue weighted by molar-refractivity contribution is 7.22. The number of carbonyl (C=O) groups is 1. The van der Waals surface area contributed by atoms with E-state index in [4.69, 9.17) is 16.9 Å². The number of hydrogen-bond donors (Lipinski definition) is 1. The van der Waals surface area contributed by atoms with Crippen LogP contribution in [-0.2, 0) is 4.79 Å². The first-order valence-electron chi connectivity index (χ1n) is 6.47. The predicted molar refractivity (Wildman–Crippen MR) is 86.7 cm³/mol. The van der Waals surface area contributed by atoms with Crippen molar-refractivity contribution in [2.45, 2.75) is 6.42 Å². The summed E-state index contributed by atoms with van der Waals surface area (Å²) in [5.41, 5.74) is 0.774. The molecule has 3 aromatic rings. The molecule has 0 radical (unpaired) electrons. The molecule has 0 fully saturated rings. The van der Waals surface area contributed by atoms with Crippen LogP contribution in [0.3, 0.4) is 0 Å². The molecule has 1 aromatic carbocycles. The van der Waals surface area contributed by atoms with Crippen molar-refractivity contribution < 1.29 is 9.18 Å². The number of hydrogen-bond acceptors (Lipinski definition) is 5. The van der Waals surface area contributed by atoms with Crippen molar-refractivity contribution in [1.29, 1.82) is 5.26 Å². The number of halogens is 2. The minimum Gasteiger partial charge on any atom is -0.309 e. The van der Waals surface area contributed by atoms with Gasteiger partial charge in [-0.15, -0.1) is 11.3 Å². The van der Waals surface area contributed by atoms with Gasteiger partial charge in [0.05, 0.1) is 26.9 Å². The van der Waals surface area contributed by atoms with Crippen LogP contribution in [0.15, 0.2) is 30.5 Å². The first-order valence-corrected chi connectivity index (χ1v) is 7.66. The average molecular weight is 347 g/mol. The summed E-state index contributed by atoms with van der Waals surface area (Å²) in [5, 5.41) is 11.7. The molecular weight excluding hydrogens is 339 g/mol. The molecule has 0 bridgehead atoms. The number of fused-ring (bicyclic) bond motifs is 1. The van der Waals surface area contributed by atoms with E-state index in [0.717, 1.165) is 0 Å². The van der Waals surface area contributed by atoms with Gasteiger partial charge in [0.25, 0.3) is 0 Å². The fourth-order valence-electron chi connectivity index (χ4n) is 2.00. The predicted octanol–water partition coefficient (Wildman–Crippen LogP) is 4.00. The van der Waals surface area contributed by atoms with Crippen LogP contribution in [0.25, 0.3) is 20.8 Å². The summed E-state index contributed by atoms with van der Waals surface area (Å²) in [6.07, 6.45) is 1.21. The Bertz CT molecular complexity index is 930. The van der Waals surface area contributed by atoms with Crippen molar-refractivity contribution >= 4 is 44.9 Å². The summed E-state index contributed by atoms with van der Waals surface area (Å²) in [6, 6.07) is 7.83. The minimum absolute atomic E-state index is 0.213. The summed E-state index contributed by atoms with van der Waals surface area (Å²) < 4.78 is 14.6. The first-order chi connectivity index (χ1) is 11.1. The normalized spacial score (nSPS) is 10.5. The molecule has 8 heteroatoms. The van der Waals surface area contributed by atoms with E-state index in [1.54, 1.807) is 18.2 Å². The summed E-state index contributed by atoms with van der Waals surface area (Å²) in [6.45, 7) is 0. The molecule has 23 heavy (non-hydrogen) atoms. The third-order valence-electron chi connectivity index (χ3n) is 2.98. The smallest absolute Gasteiger partial charge is 0.239 e. The Kier molecular flexibility index (Phi) is 4.19. The van der Waals surface area contributed by atoms with Crippen LogP contribution in [0.5, 0.6) is 0 Å². The Hall–Kier alpha value is -2.56. The zero-order valence-corrected chi connectivity index (χ0v) is 13.1. The molecule has 2 heterocycles. The molecule has 0 saturated heterocycles. The monoisotopic (exact) mass is 346 g/mol. The second kappa shape index (κ2) is 6.28. The van der Waals surface area contributed by atoms with Gasteiger partial charge in [-0.1, -0.05) is 17.7 Å². The molecule has 0 unspecified atom stereocenters. The molecule has 0 spiro atoms. The van der Waals surface area contributed by atoms with E-state index in [2.05, 4.69) is 15.3 Å². The molecule has 3 rings (SSSR count). The number of anilines is 1. The van der Waals surface area contributed by atoms with E-state index in [1.807, 2.05) is 0 Å². The molecule has 5 nitrogen and oxygen atoms in total. The molecule has 0 aliphatic rings. The molecule has 0 aliphatic carbocycles. The fraction of sp³-hybridized carbons (Fsp3) is 0.0667. The highest BCUT2D eigenvalue weighted by atomic mass is 35.5. The SMILES string of the molecule is N#CCC(=O)Nc1nccc2nc(-c3c(F)cccc3Cl)sc12. The van der Waals surface area contributed by atoms with E-state index in [-0.39, 0.29) is 17.0 Å². The number of nitriles is 1. The van der Waals surface area contributed by atoms with Crippen molar-refractivity contribution in [3.05, 3.63) is 41.3 Å². The number of nitrogens with one attached hydrogen (secondary N) is 1. The van der Waals surface area contributed by atoms with Crippen molar-refractivity contribution in [2.24, 2.45) is 0 Å². The van der Waals surface area contributed by atoms with Crippen LogP contribution >= 0.6 is 22.9 Å². The maximum Gasteiger partial charge on any atom is 0.239 e. The Balaban J connectivity index is 2.09. The topological polar surface area (TPSA) is 78.7 Å². The van der Waals surface area contributed by atoms with Gasteiger partial charge in [-0.05, 0) is 18.2 Å². The van der Waals surface area contributed by atoms with Gasteiger partial charge < -0.3 is 5.32 Å². The lowest BCUT2D eigenvalue weighted by atomic mass is 10.2. The Morgan fingerprint density at radius 3 is 3.00 bits per heavy atom. The van der Waals surface area contributed by atoms with Crippen LogP contribution in [-0.4, -0.2) is 15.9 Å². The Morgan fingerprint density at radius 1 is 1.43 bits per heavy atom. The van der Waals surface area contributed by atoms with Gasteiger partial charge in [-0.3, -0.25) is 4.79 Å². The number of benzene rings is 1. The maximum atomic E-state index is 14.0. The van der Waals surface area contributed by atoms with Crippen molar-refractivity contribution in [3.8, 4) is 16.6 Å². The highest BCUT2D eigenvalue weighted by Gasteiger charge is 2.17. The molecule has 2 aromatic heterocycles. The van der Waals surface area contributed by atoms with E-state index >= 15 is 0 Å². The lowest BCUT2D eigenvalue weighted by molar-refractivity contribution is -0.115. The van der Waals surface area contributed by atoms with Crippen LogP contribution < -0.4 is 5.32 Å². The number of aromatic nitrogens is 2. The second-order valence-corrected chi connectivity index (χ2v) is 5.91. The first kappa shape index (κ1) is 15.3. The lowest BCUT2D eigenvalue weighted by Gasteiger charge is -2.01. The van der Waals surface area contributed by atoms with Gasteiger partial charge in [0.2, 0.25) is 5.91 Å². The largest absolute Gasteiger partial charge is 0.309 e. The van der Waals surface area contributed by atoms with Gasteiger partial charge in [-0.2, -0.15) is 5.26 Å². The summed E-state index contributed by atoms with van der Waals surface area (Å²) >= 11 is 7.23. The fourth-order valence-corrected chi connectivity index (χ4v) is 3.38. The van der Waals surface area contributed by atoms with Crippen molar-refractivity contribution in [3.63, 3.8) is 0 Å². The summed E-state index contributed by atoms with van der Waals surface area (Å²) in [5.74, 6) is -0.648. The van der Waals surface area contributed by atoms with E-state index < -0.39 is 11.7 Å². The third kappa shape index (κ3) is 2.99. The molecular formula is C15H8ClFN4OS.